The van der Waals surface area contributed by atoms with Gasteiger partial charge >= 0.3 is 0 Å². The third-order valence-electron chi connectivity index (χ3n) is 2.09. The van der Waals surface area contributed by atoms with Crippen LogP contribution < -0.4 is 0 Å². The Hall–Kier alpha value is -0.900. The molecule has 0 radical (unpaired) electrons. The second-order valence-electron chi connectivity index (χ2n) is 3.27. The molecule has 0 bridgehead atoms. The van der Waals surface area contributed by atoms with Crippen LogP contribution in [-0.4, -0.2) is 26.4 Å². The molecule has 1 aromatic rings. The first-order chi connectivity index (χ1) is 7.88. The Morgan fingerprint density at radius 3 is 2.31 bits per heavy atom. The number of benzene rings is 1. The Labute approximate surface area is 97.3 Å². The van der Waals surface area contributed by atoms with E-state index in [1.807, 2.05) is 44.2 Å². The minimum atomic E-state index is -0.286. The van der Waals surface area contributed by atoms with Gasteiger partial charge in [-0.2, -0.15) is 0 Å². The molecule has 0 saturated heterocycles. The van der Waals surface area contributed by atoms with Gasteiger partial charge in [0.05, 0.1) is 13.2 Å². The SMILES string of the molecule is CCOCCOC(OCC)c1ccccc1. The molecule has 3 nitrogen and oxygen atoms in total. The van der Waals surface area contributed by atoms with Gasteiger partial charge in [-0.25, -0.2) is 0 Å². The lowest BCUT2D eigenvalue weighted by Crippen LogP contribution is -2.12. The fourth-order valence-electron chi connectivity index (χ4n) is 1.36. The van der Waals surface area contributed by atoms with E-state index in [9.17, 15) is 0 Å². The molecule has 0 amide bonds. The van der Waals surface area contributed by atoms with Crippen LogP contribution in [0.15, 0.2) is 30.3 Å². The lowest BCUT2D eigenvalue weighted by molar-refractivity contribution is -0.151. The van der Waals surface area contributed by atoms with Crippen LogP contribution in [0, 0.1) is 0 Å². The van der Waals surface area contributed by atoms with Gasteiger partial charge in [0.25, 0.3) is 0 Å². The topological polar surface area (TPSA) is 27.7 Å². The van der Waals surface area contributed by atoms with Gasteiger partial charge in [0.15, 0.2) is 6.29 Å². The van der Waals surface area contributed by atoms with Crippen molar-refractivity contribution in [1.82, 2.24) is 0 Å². The Morgan fingerprint density at radius 2 is 1.69 bits per heavy atom. The van der Waals surface area contributed by atoms with E-state index in [1.54, 1.807) is 0 Å². The molecule has 1 aromatic carbocycles. The lowest BCUT2D eigenvalue weighted by atomic mass is 10.2. The molecule has 90 valence electrons. The normalized spacial score (nSPS) is 12.6. The largest absolute Gasteiger partial charge is 0.379 e. The van der Waals surface area contributed by atoms with E-state index in [0.717, 1.165) is 5.56 Å². The number of ether oxygens (including phenoxy) is 3. The molecule has 0 saturated carbocycles. The van der Waals surface area contributed by atoms with Crippen molar-refractivity contribution >= 4 is 0 Å². The standard InChI is InChI=1S/C13H20O3/c1-3-14-10-11-16-13(15-4-2)12-8-6-5-7-9-12/h5-9,13H,3-4,10-11H2,1-2H3. The maximum Gasteiger partial charge on any atom is 0.183 e. The zero-order valence-electron chi connectivity index (χ0n) is 10.0. The highest BCUT2D eigenvalue weighted by Crippen LogP contribution is 2.18. The Bertz CT molecular complexity index is 261. The van der Waals surface area contributed by atoms with Gasteiger partial charge in [0.1, 0.15) is 0 Å². The quantitative estimate of drug-likeness (QED) is 0.502. The van der Waals surface area contributed by atoms with Crippen molar-refractivity contribution < 1.29 is 14.2 Å². The Kier molecular flexibility index (Phi) is 6.81. The molecule has 0 aliphatic rings. The third kappa shape index (κ3) is 4.75. The van der Waals surface area contributed by atoms with E-state index < -0.39 is 0 Å². The minimum absolute atomic E-state index is 0.286. The second-order valence-corrected chi connectivity index (χ2v) is 3.27. The highest BCUT2D eigenvalue weighted by Gasteiger charge is 2.10. The first kappa shape index (κ1) is 13.2. The highest BCUT2D eigenvalue weighted by atomic mass is 16.7. The van der Waals surface area contributed by atoms with Crippen LogP contribution in [0.1, 0.15) is 25.7 Å². The zero-order valence-corrected chi connectivity index (χ0v) is 10.0. The summed E-state index contributed by atoms with van der Waals surface area (Å²) < 4.78 is 16.4. The van der Waals surface area contributed by atoms with E-state index in [1.165, 1.54) is 0 Å². The van der Waals surface area contributed by atoms with Crippen LogP contribution in [0.25, 0.3) is 0 Å². The van der Waals surface area contributed by atoms with E-state index >= 15 is 0 Å². The highest BCUT2D eigenvalue weighted by molar-refractivity contribution is 5.15. The van der Waals surface area contributed by atoms with E-state index in [0.29, 0.717) is 26.4 Å². The summed E-state index contributed by atoms with van der Waals surface area (Å²) in [6, 6.07) is 9.94. The van der Waals surface area contributed by atoms with E-state index in [2.05, 4.69) is 0 Å². The summed E-state index contributed by atoms with van der Waals surface area (Å²) >= 11 is 0. The van der Waals surface area contributed by atoms with Gasteiger partial charge in [0.2, 0.25) is 0 Å². The monoisotopic (exact) mass is 224 g/mol. The molecule has 1 rings (SSSR count). The van der Waals surface area contributed by atoms with Crippen molar-refractivity contribution in [2.75, 3.05) is 26.4 Å². The summed E-state index contributed by atoms with van der Waals surface area (Å²) in [5.41, 5.74) is 1.04. The van der Waals surface area contributed by atoms with Crippen molar-refractivity contribution in [3.05, 3.63) is 35.9 Å². The van der Waals surface area contributed by atoms with Crippen molar-refractivity contribution in [1.29, 1.82) is 0 Å². The molecule has 0 N–H and O–H groups in total. The summed E-state index contributed by atoms with van der Waals surface area (Å²) in [6.45, 7) is 6.43. The van der Waals surface area contributed by atoms with Gasteiger partial charge in [-0.05, 0) is 13.8 Å². The summed E-state index contributed by atoms with van der Waals surface area (Å²) in [6.07, 6.45) is -0.286. The van der Waals surface area contributed by atoms with Crippen LogP contribution >= 0.6 is 0 Å². The maximum atomic E-state index is 5.62. The van der Waals surface area contributed by atoms with Crippen molar-refractivity contribution in [2.24, 2.45) is 0 Å². The molecule has 3 heteroatoms. The Balaban J connectivity index is 2.41. The first-order valence-electron chi connectivity index (χ1n) is 5.74. The van der Waals surface area contributed by atoms with Crippen LogP contribution in [0.3, 0.4) is 0 Å². The smallest absolute Gasteiger partial charge is 0.183 e. The molecule has 1 atom stereocenters. The average molecular weight is 224 g/mol. The Morgan fingerprint density at radius 1 is 0.938 bits per heavy atom. The first-order valence-corrected chi connectivity index (χ1v) is 5.74. The molecule has 1 unspecified atom stereocenters. The van der Waals surface area contributed by atoms with Crippen LogP contribution in [-0.2, 0) is 14.2 Å². The van der Waals surface area contributed by atoms with Crippen molar-refractivity contribution in [2.45, 2.75) is 20.1 Å². The summed E-state index contributed by atoms with van der Waals surface area (Å²) in [4.78, 5) is 0. The number of hydrogen-bond donors (Lipinski definition) is 0. The maximum absolute atomic E-state index is 5.62. The second kappa shape index (κ2) is 8.28. The van der Waals surface area contributed by atoms with Gasteiger partial charge in [-0.1, -0.05) is 30.3 Å². The number of hydrogen-bond acceptors (Lipinski definition) is 3. The molecule has 0 aliphatic heterocycles. The molecule has 0 aromatic heterocycles. The van der Waals surface area contributed by atoms with Gasteiger partial charge in [-0.3, -0.25) is 0 Å². The molecule has 0 fully saturated rings. The van der Waals surface area contributed by atoms with Gasteiger partial charge in [0, 0.05) is 18.8 Å². The summed E-state index contributed by atoms with van der Waals surface area (Å²) in [5.74, 6) is 0. The summed E-state index contributed by atoms with van der Waals surface area (Å²) in [5, 5.41) is 0. The van der Waals surface area contributed by atoms with Crippen LogP contribution in [0.2, 0.25) is 0 Å². The molecular formula is C13H20O3. The van der Waals surface area contributed by atoms with E-state index in [4.69, 9.17) is 14.2 Å². The fraction of sp³-hybridized carbons (Fsp3) is 0.538. The molecular weight excluding hydrogens is 204 g/mol. The van der Waals surface area contributed by atoms with Crippen LogP contribution in [0.5, 0.6) is 0 Å². The number of rotatable bonds is 8. The molecule has 0 aliphatic carbocycles. The molecule has 0 heterocycles. The van der Waals surface area contributed by atoms with Crippen LogP contribution in [0.4, 0.5) is 0 Å². The summed E-state index contributed by atoms with van der Waals surface area (Å²) in [7, 11) is 0. The predicted molar refractivity (Wildman–Crippen MR) is 63.3 cm³/mol. The fourth-order valence-corrected chi connectivity index (χ4v) is 1.36. The van der Waals surface area contributed by atoms with Gasteiger partial charge in [-0.15, -0.1) is 0 Å². The molecule has 0 spiro atoms. The lowest BCUT2D eigenvalue weighted by Gasteiger charge is -2.18. The van der Waals surface area contributed by atoms with E-state index in [-0.39, 0.29) is 6.29 Å². The third-order valence-corrected chi connectivity index (χ3v) is 2.09. The van der Waals surface area contributed by atoms with Crippen molar-refractivity contribution in [3.8, 4) is 0 Å². The van der Waals surface area contributed by atoms with Gasteiger partial charge < -0.3 is 14.2 Å². The minimum Gasteiger partial charge on any atom is -0.379 e. The van der Waals surface area contributed by atoms with Crippen molar-refractivity contribution in [3.63, 3.8) is 0 Å². The zero-order chi connectivity index (χ0) is 11.6. The average Bonchev–Trinajstić information content (AvgIpc) is 2.34. The predicted octanol–water partition coefficient (Wildman–Crippen LogP) is 2.77. The molecule has 16 heavy (non-hydrogen) atoms.